The summed E-state index contributed by atoms with van der Waals surface area (Å²) in [6.45, 7) is 0. The third-order valence-corrected chi connectivity index (χ3v) is 3.40. The Morgan fingerprint density at radius 1 is 1.25 bits per heavy atom. The third kappa shape index (κ3) is 3.52. The summed E-state index contributed by atoms with van der Waals surface area (Å²) in [5.41, 5.74) is 1.66. The first-order valence-corrected chi connectivity index (χ1v) is 6.59. The third-order valence-electron chi connectivity index (χ3n) is 3.14. The number of benzene rings is 2. The Balaban J connectivity index is 2.25. The first kappa shape index (κ1) is 14.4. The summed E-state index contributed by atoms with van der Waals surface area (Å²) in [6, 6.07) is 14.4. The molecular formula is C16H15ClO3. The molecule has 0 aromatic heterocycles. The maximum Gasteiger partial charge on any atom is 0.311 e. The molecule has 0 saturated heterocycles. The number of halogens is 1. The van der Waals surface area contributed by atoms with Gasteiger partial charge in [0.1, 0.15) is 5.75 Å². The highest BCUT2D eigenvalue weighted by molar-refractivity contribution is 6.30. The van der Waals surface area contributed by atoms with Gasteiger partial charge in [-0.05, 0) is 41.8 Å². The number of carboxylic acid groups (broad SMARTS) is 1. The van der Waals surface area contributed by atoms with Crippen LogP contribution in [0.5, 0.6) is 5.75 Å². The minimum absolute atomic E-state index is 0.411. The van der Waals surface area contributed by atoms with Gasteiger partial charge in [-0.25, -0.2) is 0 Å². The average molecular weight is 291 g/mol. The van der Waals surface area contributed by atoms with E-state index in [9.17, 15) is 9.90 Å². The predicted octanol–water partition coefficient (Wildman–Crippen LogP) is 3.76. The fourth-order valence-corrected chi connectivity index (χ4v) is 2.20. The molecule has 3 nitrogen and oxygen atoms in total. The lowest BCUT2D eigenvalue weighted by atomic mass is 9.92. The van der Waals surface area contributed by atoms with Crippen LogP contribution in [0.15, 0.2) is 48.5 Å². The Morgan fingerprint density at radius 3 is 2.55 bits per heavy atom. The van der Waals surface area contributed by atoms with Crippen molar-refractivity contribution >= 4 is 17.6 Å². The minimum Gasteiger partial charge on any atom is -0.497 e. The molecule has 0 aliphatic rings. The zero-order chi connectivity index (χ0) is 14.5. The van der Waals surface area contributed by atoms with Crippen molar-refractivity contribution in [3.63, 3.8) is 0 Å². The number of hydrogen-bond acceptors (Lipinski definition) is 2. The van der Waals surface area contributed by atoms with Gasteiger partial charge in [0, 0.05) is 5.02 Å². The number of hydrogen-bond donors (Lipinski definition) is 1. The van der Waals surface area contributed by atoms with Gasteiger partial charge >= 0.3 is 5.97 Å². The quantitative estimate of drug-likeness (QED) is 0.912. The van der Waals surface area contributed by atoms with Gasteiger partial charge in [-0.2, -0.15) is 0 Å². The first-order valence-electron chi connectivity index (χ1n) is 6.21. The molecule has 0 aliphatic carbocycles. The molecule has 0 spiro atoms. The smallest absolute Gasteiger partial charge is 0.311 e. The molecule has 1 atom stereocenters. The Morgan fingerprint density at radius 2 is 1.95 bits per heavy atom. The van der Waals surface area contributed by atoms with Crippen LogP contribution in [0.4, 0.5) is 0 Å². The standard InChI is InChI=1S/C16H15ClO3/c1-20-14-4-2-3-11(9-14)10-15(16(18)19)12-5-7-13(17)8-6-12/h2-9,15H,10H2,1H3,(H,18,19)/t15-/m0/s1. The summed E-state index contributed by atoms with van der Waals surface area (Å²) in [5.74, 6) is -0.725. The summed E-state index contributed by atoms with van der Waals surface area (Å²) in [5, 5.41) is 10.0. The predicted molar refractivity (Wildman–Crippen MR) is 78.5 cm³/mol. The Kier molecular flexibility index (Phi) is 4.64. The van der Waals surface area contributed by atoms with Crippen molar-refractivity contribution in [2.45, 2.75) is 12.3 Å². The van der Waals surface area contributed by atoms with Gasteiger partial charge in [-0.15, -0.1) is 0 Å². The number of ether oxygens (including phenoxy) is 1. The van der Waals surface area contributed by atoms with Crippen LogP contribution in [-0.4, -0.2) is 18.2 Å². The molecule has 4 heteroatoms. The lowest BCUT2D eigenvalue weighted by Crippen LogP contribution is -2.14. The van der Waals surface area contributed by atoms with Crippen molar-refractivity contribution in [2.75, 3.05) is 7.11 Å². The average Bonchev–Trinajstić information content (AvgIpc) is 2.46. The van der Waals surface area contributed by atoms with Gasteiger partial charge in [0.2, 0.25) is 0 Å². The molecule has 2 rings (SSSR count). The maximum absolute atomic E-state index is 11.5. The Hall–Kier alpha value is -2.00. The van der Waals surface area contributed by atoms with Crippen molar-refractivity contribution < 1.29 is 14.6 Å². The highest BCUT2D eigenvalue weighted by Gasteiger charge is 2.20. The molecule has 0 fully saturated rings. The molecular weight excluding hydrogens is 276 g/mol. The second-order valence-electron chi connectivity index (χ2n) is 4.50. The van der Waals surface area contributed by atoms with Crippen molar-refractivity contribution in [2.24, 2.45) is 0 Å². The van der Waals surface area contributed by atoms with Gasteiger partial charge in [-0.1, -0.05) is 35.9 Å². The van der Waals surface area contributed by atoms with Gasteiger partial charge in [0.25, 0.3) is 0 Å². The van der Waals surface area contributed by atoms with E-state index in [-0.39, 0.29) is 0 Å². The number of aliphatic carboxylic acids is 1. The number of carboxylic acids is 1. The zero-order valence-corrected chi connectivity index (χ0v) is 11.8. The minimum atomic E-state index is -0.852. The fourth-order valence-electron chi connectivity index (χ4n) is 2.08. The van der Waals surface area contributed by atoms with Crippen LogP contribution in [0, 0.1) is 0 Å². The van der Waals surface area contributed by atoms with Crippen molar-refractivity contribution in [1.82, 2.24) is 0 Å². The van der Waals surface area contributed by atoms with Crippen LogP contribution in [0.2, 0.25) is 5.02 Å². The van der Waals surface area contributed by atoms with Crippen LogP contribution in [-0.2, 0) is 11.2 Å². The van der Waals surface area contributed by atoms with E-state index in [0.717, 1.165) is 16.9 Å². The highest BCUT2D eigenvalue weighted by atomic mass is 35.5. The van der Waals surface area contributed by atoms with E-state index in [2.05, 4.69) is 0 Å². The van der Waals surface area contributed by atoms with Gasteiger partial charge in [0.05, 0.1) is 13.0 Å². The summed E-state index contributed by atoms with van der Waals surface area (Å²) in [7, 11) is 1.59. The molecule has 0 amide bonds. The summed E-state index contributed by atoms with van der Waals surface area (Å²) >= 11 is 5.83. The van der Waals surface area contributed by atoms with Crippen molar-refractivity contribution in [3.8, 4) is 5.75 Å². The van der Waals surface area contributed by atoms with Crippen LogP contribution >= 0.6 is 11.6 Å². The van der Waals surface area contributed by atoms with E-state index < -0.39 is 11.9 Å². The van der Waals surface area contributed by atoms with Crippen LogP contribution in [0.25, 0.3) is 0 Å². The molecule has 0 aliphatic heterocycles. The zero-order valence-electron chi connectivity index (χ0n) is 11.0. The summed E-state index contributed by atoms with van der Waals surface area (Å²) in [4.78, 5) is 11.5. The molecule has 0 bridgehead atoms. The normalized spacial score (nSPS) is 11.9. The molecule has 2 aromatic carbocycles. The molecule has 0 unspecified atom stereocenters. The van der Waals surface area contributed by atoms with E-state index in [1.807, 2.05) is 24.3 Å². The van der Waals surface area contributed by atoms with Crippen molar-refractivity contribution in [3.05, 3.63) is 64.7 Å². The van der Waals surface area contributed by atoms with E-state index in [1.165, 1.54) is 0 Å². The molecule has 104 valence electrons. The fraction of sp³-hybridized carbons (Fsp3) is 0.188. The monoisotopic (exact) mass is 290 g/mol. The summed E-state index contributed by atoms with van der Waals surface area (Å²) in [6.07, 6.45) is 0.411. The van der Waals surface area contributed by atoms with E-state index in [4.69, 9.17) is 16.3 Å². The van der Waals surface area contributed by atoms with Crippen molar-refractivity contribution in [1.29, 1.82) is 0 Å². The number of methoxy groups -OCH3 is 1. The van der Waals surface area contributed by atoms with E-state index in [1.54, 1.807) is 31.4 Å². The molecule has 1 N–H and O–H groups in total. The van der Waals surface area contributed by atoms with Gasteiger partial charge < -0.3 is 9.84 Å². The number of rotatable bonds is 5. The highest BCUT2D eigenvalue weighted by Crippen LogP contribution is 2.24. The van der Waals surface area contributed by atoms with E-state index >= 15 is 0 Å². The molecule has 20 heavy (non-hydrogen) atoms. The van der Waals surface area contributed by atoms with Crippen LogP contribution < -0.4 is 4.74 Å². The van der Waals surface area contributed by atoms with Gasteiger partial charge in [0.15, 0.2) is 0 Å². The second-order valence-corrected chi connectivity index (χ2v) is 4.93. The Labute approximate surface area is 122 Å². The molecule has 2 aromatic rings. The Bertz CT molecular complexity index is 593. The molecule has 0 saturated carbocycles. The molecule has 0 radical (unpaired) electrons. The largest absolute Gasteiger partial charge is 0.497 e. The lowest BCUT2D eigenvalue weighted by Gasteiger charge is -2.13. The molecule has 0 heterocycles. The summed E-state index contributed by atoms with van der Waals surface area (Å²) < 4.78 is 5.15. The van der Waals surface area contributed by atoms with Gasteiger partial charge in [-0.3, -0.25) is 4.79 Å². The lowest BCUT2D eigenvalue weighted by molar-refractivity contribution is -0.138. The first-order chi connectivity index (χ1) is 9.60. The maximum atomic E-state index is 11.5. The SMILES string of the molecule is COc1cccc(C[C@H](C(=O)O)c2ccc(Cl)cc2)c1. The second kappa shape index (κ2) is 6.44. The van der Waals surface area contributed by atoms with E-state index in [0.29, 0.717) is 11.4 Å². The number of carbonyl (C=O) groups is 1. The van der Waals surface area contributed by atoms with Crippen LogP contribution in [0.3, 0.4) is 0 Å². The van der Waals surface area contributed by atoms with Crippen LogP contribution in [0.1, 0.15) is 17.0 Å². The topological polar surface area (TPSA) is 46.5 Å².